The molecule has 2 aliphatic heterocycles. The molecule has 0 unspecified atom stereocenters. The van der Waals surface area contributed by atoms with Crippen LogP contribution in [0.2, 0.25) is 0 Å². The fraction of sp³-hybridized carbons (Fsp3) is 0.471. The van der Waals surface area contributed by atoms with Gasteiger partial charge >= 0.3 is 0 Å². The first-order chi connectivity index (χ1) is 10.1. The average molecular weight is 283 g/mol. The van der Waals surface area contributed by atoms with Gasteiger partial charge in [0.1, 0.15) is 0 Å². The van der Waals surface area contributed by atoms with E-state index in [1.54, 1.807) is 12.1 Å². The van der Waals surface area contributed by atoms with Crippen LogP contribution in [0.1, 0.15) is 17.5 Å². The van der Waals surface area contributed by atoms with Crippen LogP contribution in [0.15, 0.2) is 24.3 Å². The number of ether oxygens (including phenoxy) is 1. The summed E-state index contributed by atoms with van der Waals surface area (Å²) in [4.78, 5) is 14.8. The molecule has 0 aromatic heterocycles. The number of likely N-dealkylation sites (N-methyl/N-ethyl adjacent to an activating group) is 1. The molecule has 0 amide bonds. The van der Waals surface area contributed by atoms with Crippen LogP contribution in [0.4, 0.5) is 0 Å². The summed E-state index contributed by atoms with van der Waals surface area (Å²) in [6.07, 6.45) is 5.19. The van der Waals surface area contributed by atoms with Gasteiger partial charge in [0.05, 0.1) is 5.41 Å². The van der Waals surface area contributed by atoms with Crippen LogP contribution in [-0.2, 0) is 16.6 Å². The van der Waals surface area contributed by atoms with Gasteiger partial charge in [-0.2, -0.15) is 0 Å². The van der Waals surface area contributed by atoms with Gasteiger partial charge in [-0.05, 0) is 44.1 Å². The van der Waals surface area contributed by atoms with E-state index in [9.17, 15) is 9.90 Å². The molecule has 0 saturated carbocycles. The zero-order valence-electron chi connectivity index (χ0n) is 11.9. The van der Waals surface area contributed by atoms with Crippen molar-refractivity contribution in [3.63, 3.8) is 0 Å². The molecule has 4 atom stereocenters. The predicted octanol–water partition coefficient (Wildman–Crippen LogP) is 1.41. The van der Waals surface area contributed by atoms with Crippen molar-refractivity contribution in [2.45, 2.75) is 30.4 Å². The maximum atomic E-state index is 12.4. The van der Waals surface area contributed by atoms with E-state index in [0.29, 0.717) is 17.7 Å². The quantitative estimate of drug-likeness (QED) is 0.782. The highest BCUT2D eigenvalue weighted by Gasteiger charge is 2.64. The van der Waals surface area contributed by atoms with Gasteiger partial charge in [-0.3, -0.25) is 4.79 Å². The van der Waals surface area contributed by atoms with Gasteiger partial charge in [0.2, 0.25) is 0 Å². The predicted molar refractivity (Wildman–Crippen MR) is 76.6 cm³/mol. The monoisotopic (exact) mass is 283 g/mol. The first kappa shape index (κ1) is 11.8. The molecule has 1 aromatic rings. The van der Waals surface area contributed by atoms with Gasteiger partial charge in [0.25, 0.3) is 0 Å². The lowest BCUT2D eigenvalue weighted by atomic mass is 9.53. The number of phenolic OH excluding ortho intramolecular Hbond substituents is 1. The van der Waals surface area contributed by atoms with E-state index in [-0.39, 0.29) is 16.9 Å². The second kappa shape index (κ2) is 3.50. The van der Waals surface area contributed by atoms with Crippen molar-refractivity contribution in [1.82, 2.24) is 4.90 Å². The Balaban J connectivity index is 1.87. The minimum Gasteiger partial charge on any atom is -0.504 e. The standard InChI is InChI=1S/C17H17NO3/c1-18-7-6-17-10-3-5-13(20)16(17)21-15-12(19)4-2-9(14(15)17)8-11(10)18/h2-5,10-11,16,19H,6-8H2,1H3/t10-,11-,16-,17-/m0/s1. The maximum absolute atomic E-state index is 12.4. The van der Waals surface area contributed by atoms with Gasteiger partial charge in [-0.15, -0.1) is 0 Å². The largest absolute Gasteiger partial charge is 0.504 e. The highest BCUT2D eigenvalue weighted by atomic mass is 16.5. The third kappa shape index (κ3) is 1.16. The van der Waals surface area contributed by atoms with Gasteiger partial charge in [0.15, 0.2) is 23.4 Å². The molecule has 4 aliphatic rings. The van der Waals surface area contributed by atoms with E-state index < -0.39 is 6.10 Å². The van der Waals surface area contributed by atoms with E-state index in [1.807, 2.05) is 6.07 Å². The summed E-state index contributed by atoms with van der Waals surface area (Å²) >= 11 is 0. The topological polar surface area (TPSA) is 49.8 Å². The molecule has 1 fully saturated rings. The van der Waals surface area contributed by atoms with E-state index >= 15 is 0 Å². The molecule has 1 saturated heterocycles. The summed E-state index contributed by atoms with van der Waals surface area (Å²) in [5.41, 5.74) is 2.09. The van der Waals surface area contributed by atoms with Crippen LogP contribution in [0.25, 0.3) is 0 Å². The summed E-state index contributed by atoms with van der Waals surface area (Å²) in [5, 5.41) is 10.2. The lowest BCUT2D eigenvalue weighted by Crippen LogP contribution is -2.64. The van der Waals surface area contributed by atoms with Crippen LogP contribution in [-0.4, -0.2) is 41.5 Å². The Morgan fingerprint density at radius 3 is 3.14 bits per heavy atom. The number of benzene rings is 1. The summed E-state index contributed by atoms with van der Waals surface area (Å²) in [6, 6.07) is 4.13. The second-order valence-electron chi connectivity index (χ2n) is 6.78. The van der Waals surface area contributed by atoms with Crippen LogP contribution in [0.3, 0.4) is 0 Å². The molecule has 1 aromatic carbocycles. The molecule has 5 rings (SSSR count). The molecule has 0 radical (unpaired) electrons. The summed E-state index contributed by atoms with van der Waals surface area (Å²) in [7, 11) is 2.17. The van der Waals surface area contributed by atoms with Crippen molar-refractivity contribution >= 4 is 5.78 Å². The molecular weight excluding hydrogens is 266 g/mol. The number of carbonyl (C=O) groups excluding carboxylic acids is 1. The van der Waals surface area contributed by atoms with E-state index in [0.717, 1.165) is 24.9 Å². The number of hydrogen-bond acceptors (Lipinski definition) is 4. The van der Waals surface area contributed by atoms with Gasteiger partial charge in [0, 0.05) is 17.5 Å². The molecule has 4 heteroatoms. The number of phenols is 1. The van der Waals surface area contributed by atoms with Crippen molar-refractivity contribution in [1.29, 1.82) is 0 Å². The molecular formula is C17H17NO3. The van der Waals surface area contributed by atoms with Crippen LogP contribution in [0, 0.1) is 5.92 Å². The lowest BCUT2D eigenvalue weighted by Gasteiger charge is -2.55. The third-order valence-corrected chi connectivity index (χ3v) is 6.00. The Hall–Kier alpha value is -1.81. The van der Waals surface area contributed by atoms with E-state index in [4.69, 9.17) is 4.74 Å². The van der Waals surface area contributed by atoms with Crippen molar-refractivity contribution in [2.24, 2.45) is 5.92 Å². The second-order valence-corrected chi connectivity index (χ2v) is 6.78. The molecule has 4 nitrogen and oxygen atoms in total. The minimum atomic E-state index is -0.453. The molecule has 2 bridgehead atoms. The molecule has 2 heterocycles. The molecule has 1 spiro atoms. The van der Waals surface area contributed by atoms with Gasteiger partial charge < -0.3 is 14.7 Å². The fourth-order valence-corrected chi connectivity index (χ4v) is 5.08. The number of hydrogen-bond donors (Lipinski definition) is 1. The van der Waals surface area contributed by atoms with E-state index in [2.05, 4.69) is 18.0 Å². The lowest BCUT2D eigenvalue weighted by molar-refractivity contribution is -0.127. The summed E-state index contributed by atoms with van der Waals surface area (Å²) < 4.78 is 5.99. The number of likely N-dealkylation sites (tertiary alicyclic amines) is 1. The Morgan fingerprint density at radius 2 is 2.29 bits per heavy atom. The fourth-order valence-electron chi connectivity index (χ4n) is 5.08. The Bertz CT molecular complexity index is 710. The number of piperidine rings is 1. The van der Waals surface area contributed by atoms with Crippen molar-refractivity contribution < 1.29 is 14.6 Å². The zero-order chi connectivity index (χ0) is 14.4. The first-order valence-corrected chi connectivity index (χ1v) is 7.57. The first-order valence-electron chi connectivity index (χ1n) is 7.57. The minimum absolute atomic E-state index is 0.0398. The average Bonchev–Trinajstić information content (AvgIpc) is 2.83. The van der Waals surface area contributed by atoms with E-state index in [1.165, 1.54) is 5.56 Å². The Kier molecular flexibility index (Phi) is 1.97. The van der Waals surface area contributed by atoms with Gasteiger partial charge in [-0.25, -0.2) is 0 Å². The number of rotatable bonds is 0. The molecule has 21 heavy (non-hydrogen) atoms. The zero-order valence-corrected chi connectivity index (χ0v) is 11.9. The number of ketones is 1. The number of nitrogens with zero attached hydrogens (tertiary/aromatic N) is 1. The van der Waals surface area contributed by atoms with Crippen molar-refractivity contribution in [2.75, 3.05) is 13.6 Å². The van der Waals surface area contributed by atoms with Crippen molar-refractivity contribution in [3.05, 3.63) is 35.4 Å². The maximum Gasteiger partial charge on any atom is 0.196 e. The van der Waals surface area contributed by atoms with Crippen LogP contribution in [0.5, 0.6) is 11.5 Å². The van der Waals surface area contributed by atoms with Crippen LogP contribution < -0.4 is 4.74 Å². The Labute approximate surface area is 123 Å². The van der Waals surface area contributed by atoms with Gasteiger partial charge in [-0.1, -0.05) is 12.1 Å². The molecule has 2 aliphatic carbocycles. The summed E-state index contributed by atoms with van der Waals surface area (Å²) in [6.45, 7) is 0.969. The number of carbonyl (C=O) groups is 1. The molecule has 108 valence electrons. The highest BCUT2D eigenvalue weighted by Crippen LogP contribution is 2.61. The third-order valence-electron chi connectivity index (χ3n) is 6.00. The SMILES string of the molecule is CN1CC[C@]23c4c5ccc(O)c4O[C@H]2C(=O)C=C[C@H]3[C@@H]1C5. The highest BCUT2D eigenvalue weighted by molar-refractivity contribution is 5.98. The summed E-state index contributed by atoms with van der Waals surface area (Å²) in [5.74, 6) is 1.07. The number of aromatic hydroxyl groups is 1. The molecule has 1 N–H and O–H groups in total. The van der Waals surface area contributed by atoms with Crippen LogP contribution >= 0.6 is 0 Å². The Morgan fingerprint density at radius 1 is 1.43 bits per heavy atom. The van der Waals surface area contributed by atoms with Crippen molar-refractivity contribution in [3.8, 4) is 11.5 Å². The smallest absolute Gasteiger partial charge is 0.196 e. The normalized spacial score (nSPS) is 39.1.